The summed E-state index contributed by atoms with van der Waals surface area (Å²) in [5, 5.41) is -0.127. The van der Waals surface area contributed by atoms with Crippen LogP contribution in [0.25, 0.3) is 0 Å². The quantitative estimate of drug-likeness (QED) is 0.691. The van der Waals surface area contributed by atoms with Crippen LogP contribution in [0.5, 0.6) is 0 Å². The second-order valence-corrected chi connectivity index (χ2v) is 5.80. The van der Waals surface area contributed by atoms with Crippen molar-refractivity contribution < 1.29 is 40.3 Å². The Balaban J connectivity index is 3.55. The molecule has 0 aliphatic heterocycles. The Kier molecular flexibility index (Phi) is 5.87. The summed E-state index contributed by atoms with van der Waals surface area (Å²) in [6, 6.07) is 1.33. The smallest absolute Gasteiger partial charge is 0.330 e. The van der Waals surface area contributed by atoms with Crippen LogP contribution in [0.4, 0.5) is 41.2 Å². The maximum atomic E-state index is 13.8. The highest BCUT2D eigenvalue weighted by Crippen LogP contribution is 2.47. The number of halogens is 8. The van der Waals surface area contributed by atoms with Gasteiger partial charge in [0.05, 0.1) is 5.69 Å². The number of benzene rings is 1. The van der Waals surface area contributed by atoms with Gasteiger partial charge in [0.2, 0.25) is 0 Å². The number of hydrogen-bond acceptors (Lipinski definition) is 2. The summed E-state index contributed by atoms with van der Waals surface area (Å²) >= 11 is 5.75. The molecule has 0 heterocycles. The minimum Gasteiger partial charge on any atom is -0.330 e. The van der Waals surface area contributed by atoms with Gasteiger partial charge in [0.15, 0.2) is 0 Å². The zero-order valence-electron chi connectivity index (χ0n) is 13.5. The van der Waals surface area contributed by atoms with Gasteiger partial charge >= 0.3 is 30.0 Å². The lowest BCUT2D eigenvalue weighted by atomic mass is 10.1. The van der Waals surface area contributed by atoms with E-state index in [0.29, 0.717) is 10.5 Å². The van der Waals surface area contributed by atoms with Gasteiger partial charge in [0, 0.05) is 19.1 Å². The van der Waals surface area contributed by atoms with Crippen molar-refractivity contribution in [2.24, 2.45) is 0 Å². The number of alkyl halides is 7. The van der Waals surface area contributed by atoms with E-state index in [4.69, 9.17) is 11.6 Å². The van der Waals surface area contributed by atoms with Crippen molar-refractivity contribution in [3.63, 3.8) is 0 Å². The zero-order valence-corrected chi connectivity index (χ0v) is 14.2. The third-order valence-electron chi connectivity index (χ3n) is 3.21. The second-order valence-electron chi connectivity index (χ2n) is 5.40. The summed E-state index contributed by atoms with van der Waals surface area (Å²) in [6.07, 6.45) is -6.72. The summed E-state index contributed by atoms with van der Waals surface area (Å²) in [6.45, 7) is 1.47. The molecule has 0 aliphatic rings. The molecule has 0 radical (unpaired) electrons. The number of aryl methyl sites for hydroxylation is 1. The lowest BCUT2D eigenvalue weighted by Crippen LogP contribution is -2.62. The molecule has 1 aromatic rings. The first-order valence-electron chi connectivity index (χ1n) is 6.70. The number of rotatable bonds is 3. The summed E-state index contributed by atoms with van der Waals surface area (Å²) in [5.41, 5.74) is -0.311. The van der Waals surface area contributed by atoms with E-state index in [0.717, 1.165) is 26.2 Å². The number of carbonyl (C=O) groups excluding carboxylic acids is 2. The van der Waals surface area contributed by atoms with Gasteiger partial charge in [-0.2, -0.15) is 30.7 Å². The second kappa shape index (κ2) is 6.93. The molecule has 0 N–H and O–H groups in total. The first kappa shape index (κ1) is 22.0. The molecule has 0 aromatic heterocycles. The Morgan fingerprint density at radius 2 is 1.50 bits per heavy atom. The minimum atomic E-state index is -6.72. The van der Waals surface area contributed by atoms with Crippen LogP contribution in [-0.2, 0) is 4.79 Å². The van der Waals surface area contributed by atoms with E-state index in [2.05, 4.69) is 0 Å². The van der Waals surface area contributed by atoms with Crippen LogP contribution in [0.15, 0.2) is 18.2 Å². The molecule has 0 unspecified atom stereocenters. The average molecular weight is 409 g/mol. The monoisotopic (exact) mass is 408 g/mol. The van der Waals surface area contributed by atoms with Crippen LogP contribution >= 0.6 is 11.6 Å². The van der Waals surface area contributed by atoms with Gasteiger partial charge in [0.25, 0.3) is 0 Å². The normalized spacial score (nSPS) is 12.7. The van der Waals surface area contributed by atoms with Crippen LogP contribution < -0.4 is 4.90 Å². The third kappa shape index (κ3) is 3.71. The predicted molar refractivity (Wildman–Crippen MR) is 78.7 cm³/mol. The largest absolute Gasteiger partial charge is 0.460 e. The van der Waals surface area contributed by atoms with E-state index >= 15 is 0 Å². The average Bonchev–Trinajstić information content (AvgIpc) is 2.49. The van der Waals surface area contributed by atoms with Crippen LogP contribution in [-0.4, -0.2) is 49.0 Å². The highest BCUT2D eigenvalue weighted by Gasteiger charge is 2.77. The molecule has 0 saturated heterocycles. The zero-order chi connectivity index (χ0) is 20.7. The Hall–Kier alpha value is -2.04. The molecule has 1 aromatic carbocycles. The fraction of sp³-hybridized carbons (Fsp3) is 0.429. The van der Waals surface area contributed by atoms with Crippen molar-refractivity contribution in [2.45, 2.75) is 24.9 Å². The lowest BCUT2D eigenvalue weighted by molar-refractivity contribution is -0.343. The first-order chi connectivity index (χ1) is 11.6. The molecule has 0 saturated carbocycles. The van der Waals surface area contributed by atoms with E-state index < -0.39 is 40.5 Å². The van der Waals surface area contributed by atoms with Gasteiger partial charge in [0.1, 0.15) is 0 Å². The molecular weight excluding hydrogens is 397 g/mol. The van der Waals surface area contributed by atoms with Crippen molar-refractivity contribution in [3.8, 4) is 0 Å². The molecule has 0 aliphatic carbocycles. The van der Waals surface area contributed by atoms with Crippen molar-refractivity contribution in [1.29, 1.82) is 0 Å². The van der Waals surface area contributed by atoms with Crippen LogP contribution in [0.3, 0.4) is 0 Å². The van der Waals surface area contributed by atoms with Gasteiger partial charge < -0.3 is 4.90 Å². The van der Waals surface area contributed by atoms with Gasteiger partial charge in [-0.3, -0.25) is 4.79 Å². The van der Waals surface area contributed by atoms with Gasteiger partial charge in [-0.15, -0.1) is 0 Å². The summed E-state index contributed by atoms with van der Waals surface area (Å²) in [7, 11) is 1.97. The number of carbonyl (C=O) groups is 2. The molecule has 0 spiro atoms. The summed E-state index contributed by atoms with van der Waals surface area (Å²) < 4.78 is 90.8. The van der Waals surface area contributed by atoms with E-state index in [1.54, 1.807) is 0 Å². The maximum absolute atomic E-state index is 13.8. The molecule has 4 nitrogen and oxygen atoms in total. The number of hydrogen-bond donors (Lipinski definition) is 0. The Morgan fingerprint density at radius 1 is 1.00 bits per heavy atom. The van der Waals surface area contributed by atoms with Crippen LogP contribution in [0.2, 0.25) is 5.02 Å². The Morgan fingerprint density at radius 3 is 1.88 bits per heavy atom. The molecule has 12 heteroatoms. The van der Waals surface area contributed by atoms with Gasteiger partial charge in [-0.25, -0.2) is 9.69 Å². The van der Waals surface area contributed by atoms with E-state index in [1.165, 1.54) is 13.0 Å². The molecule has 3 amide bonds. The first-order valence-corrected chi connectivity index (χ1v) is 7.07. The van der Waals surface area contributed by atoms with Crippen molar-refractivity contribution in [1.82, 2.24) is 4.90 Å². The lowest BCUT2D eigenvalue weighted by Gasteiger charge is -2.32. The van der Waals surface area contributed by atoms with Crippen molar-refractivity contribution in [3.05, 3.63) is 28.8 Å². The minimum absolute atomic E-state index is 0.127. The number of urea groups is 1. The third-order valence-corrected chi connectivity index (χ3v) is 3.62. The van der Waals surface area contributed by atoms with Crippen molar-refractivity contribution in [2.75, 3.05) is 19.0 Å². The molecule has 26 heavy (non-hydrogen) atoms. The number of amides is 3. The highest BCUT2D eigenvalue weighted by atomic mass is 35.5. The maximum Gasteiger partial charge on any atom is 0.460 e. The van der Waals surface area contributed by atoms with Crippen LogP contribution in [0.1, 0.15) is 5.56 Å². The van der Waals surface area contributed by atoms with E-state index in [-0.39, 0.29) is 5.02 Å². The van der Waals surface area contributed by atoms with Crippen LogP contribution in [0, 0.1) is 6.92 Å². The number of nitrogens with zero attached hydrogens (tertiary/aromatic N) is 2. The Labute approximate surface area is 148 Å². The molecule has 146 valence electrons. The molecular formula is C14H12ClF7N2O2. The predicted octanol–water partition coefficient (Wildman–Crippen LogP) is 4.50. The number of imide groups is 1. The molecule has 0 fully saturated rings. The SMILES string of the molecule is Cc1ccc(N(C(=O)N(C)C)C(=O)C(F)(F)C(F)(F)C(F)(F)F)cc1Cl. The Bertz CT molecular complexity index is 720. The highest BCUT2D eigenvalue weighted by molar-refractivity contribution is 6.32. The summed E-state index contributed by atoms with van der Waals surface area (Å²) in [5.74, 6) is -16.0. The molecule has 1 rings (SSSR count). The van der Waals surface area contributed by atoms with Crippen molar-refractivity contribution >= 4 is 29.2 Å². The topological polar surface area (TPSA) is 40.6 Å². The fourth-order valence-electron chi connectivity index (χ4n) is 1.69. The summed E-state index contributed by atoms with van der Waals surface area (Å²) in [4.78, 5) is 24.0. The van der Waals surface area contributed by atoms with E-state index in [1.807, 2.05) is 0 Å². The molecule has 0 bridgehead atoms. The standard InChI is InChI=1S/C14H12ClF7N2O2/c1-7-4-5-8(6-9(7)15)24(11(26)23(2)3)10(25)12(16,17)13(18,19)14(20,21)22/h4-6H,1-3H3. The fourth-order valence-corrected chi connectivity index (χ4v) is 1.86. The van der Waals surface area contributed by atoms with Gasteiger partial charge in [-0.05, 0) is 24.6 Å². The molecule has 0 atom stereocenters. The van der Waals surface area contributed by atoms with Gasteiger partial charge in [-0.1, -0.05) is 17.7 Å². The van der Waals surface area contributed by atoms with E-state index in [9.17, 15) is 40.3 Å². The number of anilines is 1.